The molecule has 0 saturated heterocycles. The lowest BCUT2D eigenvalue weighted by Gasteiger charge is -2.05. The van der Waals surface area contributed by atoms with Crippen LogP contribution in [0.3, 0.4) is 0 Å². The highest BCUT2D eigenvalue weighted by Crippen LogP contribution is 2.14. The van der Waals surface area contributed by atoms with Crippen molar-refractivity contribution in [2.45, 2.75) is 12.6 Å². The van der Waals surface area contributed by atoms with Gasteiger partial charge in [-0.05, 0) is 11.6 Å². The molecule has 0 aromatic heterocycles. The van der Waals surface area contributed by atoms with E-state index in [-0.39, 0.29) is 0 Å². The number of alkyl halides is 3. The Morgan fingerprint density at radius 1 is 1.33 bits per heavy atom. The second kappa shape index (κ2) is 4.30. The summed E-state index contributed by atoms with van der Waals surface area (Å²) < 4.78 is 37.7. The summed E-state index contributed by atoms with van der Waals surface area (Å²) >= 11 is 4.70. The van der Waals surface area contributed by atoms with E-state index >= 15 is 0 Å². The van der Waals surface area contributed by atoms with Gasteiger partial charge in [-0.3, -0.25) is 9.59 Å². The van der Waals surface area contributed by atoms with Crippen molar-refractivity contribution in [1.82, 2.24) is 0 Å². The maximum absolute atomic E-state index is 11.4. The van der Waals surface area contributed by atoms with E-state index in [4.69, 9.17) is 11.6 Å². The number of halogens is 4. The minimum Gasteiger partial charge on any atom is -0.456 e. The normalized spacial score (nSPS) is 11.0. The highest BCUT2D eigenvalue weighted by Gasteiger charge is 2.29. The number of esters is 1. The number of hydrogen-bond donors (Lipinski definition) is 0. The van der Waals surface area contributed by atoms with Crippen molar-refractivity contribution in [3.63, 3.8) is 0 Å². The van der Waals surface area contributed by atoms with Crippen LogP contribution in [0.2, 0.25) is 0 Å². The fraction of sp³-hybridized carbons (Fsp3) is 0.600. The van der Waals surface area contributed by atoms with Gasteiger partial charge in [0.05, 0.1) is 0 Å². The summed E-state index contributed by atoms with van der Waals surface area (Å²) in [5.41, 5.74) is 0. The van der Waals surface area contributed by atoms with Gasteiger partial charge in [0.25, 0.3) is 0 Å². The largest absolute Gasteiger partial charge is 0.456 e. The molecule has 0 aromatic rings. The average Bonchev–Trinajstić information content (AvgIpc) is 1.80. The molecule has 0 amide bonds. The van der Waals surface area contributed by atoms with Crippen LogP contribution in [0.25, 0.3) is 0 Å². The van der Waals surface area contributed by atoms with Crippen molar-refractivity contribution in [3.05, 3.63) is 0 Å². The second-order valence-corrected chi connectivity index (χ2v) is 2.23. The Morgan fingerprint density at radius 2 is 1.83 bits per heavy atom. The zero-order valence-corrected chi connectivity index (χ0v) is 6.41. The first-order chi connectivity index (χ1) is 5.31. The van der Waals surface area contributed by atoms with E-state index in [0.717, 1.165) is 0 Å². The number of carbonyl (C=O) groups excluding carboxylic acids is 2. The Kier molecular flexibility index (Phi) is 4.02. The van der Waals surface area contributed by atoms with Crippen molar-refractivity contribution in [3.8, 4) is 0 Å². The van der Waals surface area contributed by atoms with Gasteiger partial charge in [-0.25, -0.2) is 0 Å². The Hall–Kier alpha value is -0.780. The van der Waals surface area contributed by atoms with Gasteiger partial charge in [-0.2, -0.15) is 13.2 Å². The molecule has 0 aliphatic rings. The van der Waals surface area contributed by atoms with Crippen molar-refractivity contribution in [2.75, 3.05) is 6.61 Å². The van der Waals surface area contributed by atoms with Crippen LogP contribution < -0.4 is 0 Å². The molecule has 0 fully saturated rings. The van der Waals surface area contributed by atoms with Crippen molar-refractivity contribution < 1.29 is 27.5 Å². The molecule has 0 aliphatic heterocycles. The Balaban J connectivity index is 3.65. The summed E-state index contributed by atoms with van der Waals surface area (Å²) in [4.78, 5) is 20.2. The molecule has 0 saturated carbocycles. The number of hydrogen-bond acceptors (Lipinski definition) is 3. The van der Waals surface area contributed by atoms with Gasteiger partial charge in [0, 0.05) is 0 Å². The molecule has 0 rings (SSSR count). The average molecular weight is 205 g/mol. The molecule has 0 heterocycles. The molecular formula is C5H4ClF3O3. The number of ether oxygens (including phenoxy) is 1. The van der Waals surface area contributed by atoms with E-state index in [2.05, 4.69) is 4.74 Å². The number of carbonyl (C=O) groups is 2. The van der Waals surface area contributed by atoms with Crippen LogP contribution in [0.1, 0.15) is 6.42 Å². The predicted octanol–water partition coefficient (Wildman–Crippen LogP) is 1.25. The monoisotopic (exact) mass is 204 g/mol. The summed E-state index contributed by atoms with van der Waals surface area (Å²) in [6.07, 6.45) is -5.43. The van der Waals surface area contributed by atoms with Crippen molar-refractivity contribution >= 4 is 22.8 Å². The van der Waals surface area contributed by atoms with E-state index in [1.807, 2.05) is 0 Å². The molecule has 0 bridgehead atoms. The summed E-state index contributed by atoms with van der Waals surface area (Å²) in [6, 6.07) is 0. The topological polar surface area (TPSA) is 43.4 Å². The van der Waals surface area contributed by atoms with E-state index in [0.29, 0.717) is 0 Å². The molecule has 0 aromatic carbocycles. The van der Waals surface area contributed by atoms with Gasteiger partial charge in [0.15, 0.2) is 6.61 Å². The summed E-state index contributed by atoms with van der Waals surface area (Å²) in [6.45, 7) is -1.70. The Bertz CT molecular complexity index is 189. The third-order valence-electron chi connectivity index (χ3n) is 0.680. The summed E-state index contributed by atoms with van der Waals surface area (Å²) in [7, 11) is 0. The van der Waals surface area contributed by atoms with Gasteiger partial charge in [0.2, 0.25) is 5.24 Å². The molecule has 12 heavy (non-hydrogen) atoms. The van der Waals surface area contributed by atoms with Gasteiger partial charge in [-0.15, -0.1) is 0 Å². The SMILES string of the molecule is O=C(Cl)CC(=O)OCC(F)(F)F. The maximum atomic E-state index is 11.4. The van der Waals surface area contributed by atoms with Crippen LogP contribution in [-0.2, 0) is 14.3 Å². The Morgan fingerprint density at radius 3 is 2.17 bits per heavy atom. The molecule has 0 atom stereocenters. The first kappa shape index (κ1) is 11.2. The van der Waals surface area contributed by atoms with E-state index in [9.17, 15) is 22.8 Å². The smallest absolute Gasteiger partial charge is 0.422 e. The Labute approximate surface area is 70.4 Å². The van der Waals surface area contributed by atoms with E-state index in [1.54, 1.807) is 0 Å². The first-order valence-corrected chi connectivity index (χ1v) is 3.10. The molecule has 70 valence electrons. The molecule has 0 radical (unpaired) electrons. The fourth-order valence-corrected chi connectivity index (χ4v) is 0.436. The molecule has 0 N–H and O–H groups in total. The van der Waals surface area contributed by atoms with Gasteiger partial charge in [-0.1, -0.05) is 0 Å². The van der Waals surface area contributed by atoms with Gasteiger partial charge in [0.1, 0.15) is 6.42 Å². The second-order valence-electron chi connectivity index (χ2n) is 1.81. The van der Waals surface area contributed by atoms with Crippen LogP contribution in [0, 0.1) is 0 Å². The first-order valence-electron chi connectivity index (χ1n) is 2.72. The zero-order valence-electron chi connectivity index (χ0n) is 5.65. The van der Waals surface area contributed by atoms with Gasteiger partial charge >= 0.3 is 12.1 Å². The molecule has 0 unspecified atom stereocenters. The third-order valence-corrected chi connectivity index (χ3v) is 0.814. The molecule has 7 heteroatoms. The van der Waals surface area contributed by atoms with Crippen LogP contribution in [0.5, 0.6) is 0 Å². The molecular weight excluding hydrogens is 200 g/mol. The third kappa shape index (κ3) is 7.33. The number of rotatable bonds is 3. The lowest BCUT2D eigenvalue weighted by Crippen LogP contribution is -2.20. The highest BCUT2D eigenvalue weighted by molar-refractivity contribution is 6.64. The van der Waals surface area contributed by atoms with Crippen molar-refractivity contribution in [1.29, 1.82) is 0 Å². The highest BCUT2D eigenvalue weighted by atomic mass is 35.5. The lowest BCUT2D eigenvalue weighted by molar-refractivity contribution is -0.186. The summed E-state index contributed by atoms with van der Waals surface area (Å²) in [5, 5.41) is -1.05. The standard InChI is InChI=1S/C5H4ClF3O3/c6-3(10)1-4(11)12-2-5(7,8)9/h1-2H2. The van der Waals surface area contributed by atoms with Crippen LogP contribution >= 0.6 is 11.6 Å². The molecule has 3 nitrogen and oxygen atoms in total. The minimum absolute atomic E-state index is 0.850. The van der Waals surface area contributed by atoms with Crippen LogP contribution in [-0.4, -0.2) is 24.0 Å². The van der Waals surface area contributed by atoms with Crippen molar-refractivity contribution in [2.24, 2.45) is 0 Å². The molecule has 0 aliphatic carbocycles. The minimum atomic E-state index is -4.58. The summed E-state index contributed by atoms with van der Waals surface area (Å²) in [5.74, 6) is -1.28. The van der Waals surface area contributed by atoms with Crippen LogP contribution in [0.4, 0.5) is 13.2 Å². The fourth-order valence-electron chi connectivity index (χ4n) is 0.327. The maximum Gasteiger partial charge on any atom is 0.422 e. The lowest BCUT2D eigenvalue weighted by atomic mass is 10.5. The van der Waals surface area contributed by atoms with E-state index < -0.39 is 30.4 Å². The molecule has 0 spiro atoms. The quantitative estimate of drug-likeness (QED) is 0.395. The van der Waals surface area contributed by atoms with E-state index in [1.165, 1.54) is 0 Å². The van der Waals surface area contributed by atoms with Crippen LogP contribution in [0.15, 0.2) is 0 Å². The van der Waals surface area contributed by atoms with Gasteiger partial charge < -0.3 is 4.74 Å². The predicted molar refractivity (Wildman–Crippen MR) is 32.5 cm³/mol. The zero-order chi connectivity index (χ0) is 9.78.